The van der Waals surface area contributed by atoms with Crippen LogP contribution in [-0.2, 0) is 14.3 Å². The molecule has 0 amide bonds. The zero-order chi connectivity index (χ0) is 26.9. The van der Waals surface area contributed by atoms with Gasteiger partial charge in [0.15, 0.2) is 10.3 Å². The van der Waals surface area contributed by atoms with Crippen LogP contribution in [0.1, 0.15) is 32.6 Å². The number of nitrogens with two attached hydrogens (primary N) is 2. The lowest BCUT2D eigenvalue weighted by Gasteiger charge is -2.10. The van der Waals surface area contributed by atoms with Gasteiger partial charge in [-0.15, -0.1) is 0 Å². The van der Waals surface area contributed by atoms with Crippen molar-refractivity contribution >= 4 is 59.3 Å². The number of nitrogens with one attached hydrogen (secondary N) is 3. The number of ether oxygens (including phenoxy) is 1. The fourth-order valence-electron chi connectivity index (χ4n) is 2.49. The second kappa shape index (κ2) is 17.3. The van der Waals surface area contributed by atoms with Crippen LogP contribution < -0.4 is 27.4 Å². The third-order valence-corrected chi connectivity index (χ3v) is 5.91. The molecule has 15 nitrogen and oxygen atoms in total. The van der Waals surface area contributed by atoms with Crippen molar-refractivity contribution in [2.45, 2.75) is 42.9 Å². The van der Waals surface area contributed by atoms with Crippen LogP contribution in [0.4, 0.5) is 23.8 Å². The van der Waals surface area contributed by atoms with Gasteiger partial charge in [-0.25, -0.2) is 0 Å². The predicted molar refractivity (Wildman–Crippen MR) is 143 cm³/mol. The smallest absolute Gasteiger partial charge is 0.306 e. The van der Waals surface area contributed by atoms with E-state index < -0.39 is 5.97 Å². The summed E-state index contributed by atoms with van der Waals surface area (Å²) in [5.41, 5.74) is 11.3. The number of carbonyl (C=O) groups is 2. The zero-order valence-corrected chi connectivity index (χ0v) is 22.2. The molecule has 0 saturated carbocycles. The fourth-order valence-corrected chi connectivity index (χ4v) is 4.01. The number of carboxylic acids is 1. The molecule has 0 aromatic carbocycles. The van der Waals surface area contributed by atoms with Crippen molar-refractivity contribution < 1.29 is 19.4 Å². The number of nitrogens with zero attached hydrogens (tertiary/aromatic N) is 6. The van der Waals surface area contributed by atoms with Gasteiger partial charge >= 0.3 is 11.9 Å². The number of thioether (sulfide) groups is 2. The summed E-state index contributed by atoms with van der Waals surface area (Å²) >= 11 is 2.51. The van der Waals surface area contributed by atoms with Gasteiger partial charge in [-0.3, -0.25) is 9.59 Å². The van der Waals surface area contributed by atoms with E-state index in [2.05, 4.69) is 45.9 Å². The van der Waals surface area contributed by atoms with Gasteiger partial charge in [-0.1, -0.05) is 36.9 Å². The van der Waals surface area contributed by atoms with Gasteiger partial charge in [0.25, 0.3) is 0 Å². The Kier molecular flexibility index (Phi) is 14.1. The van der Waals surface area contributed by atoms with Gasteiger partial charge in [-0.05, 0) is 6.42 Å². The van der Waals surface area contributed by atoms with Crippen LogP contribution in [0.3, 0.4) is 0 Å². The number of unbranched alkanes of at least 4 members (excludes halogenated alkanes) is 1. The van der Waals surface area contributed by atoms with E-state index in [9.17, 15) is 9.59 Å². The lowest BCUT2D eigenvalue weighted by molar-refractivity contribution is -0.143. The largest absolute Gasteiger partial charge is 0.481 e. The molecule has 2 rings (SSSR count). The summed E-state index contributed by atoms with van der Waals surface area (Å²) in [6.45, 7) is 4.17. The van der Waals surface area contributed by atoms with Crippen molar-refractivity contribution in [1.82, 2.24) is 29.9 Å². The van der Waals surface area contributed by atoms with Crippen molar-refractivity contribution in [1.29, 1.82) is 0 Å². The molecule has 2 aromatic rings. The zero-order valence-electron chi connectivity index (χ0n) is 20.6. The molecule has 37 heavy (non-hydrogen) atoms. The Bertz CT molecular complexity index is 1000. The number of esters is 1. The summed E-state index contributed by atoms with van der Waals surface area (Å²) in [6.07, 6.45) is 2.05. The Labute approximate surface area is 223 Å². The highest BCUT2D eigenvalue weighted by Gasteiger charge is 2.10. The summed E-state index contributed by atoms with van der Waals surface area (Å²) in [6, 6.07) is 0. The molecule has 0 aliphatic rings. The Hall–Kier alpha value is -3.18. The third-order valence-electron chi connectivity index (χ3n) is 4.21. The molecule has 0 unspecified atom stereocenters. The van der Waals surface area contributed by atoms with Gasteiger partial charge < -0.3 is 37.3 Å². The first-order valence-corrected chi connectivity index (χ1v) is 13.7. The van der Waals surface area contributed by atoms with E-state index >= 15 is 0 Å². The number of aromatic nitrogens is 6. The third kappa shape index (κ3) is 13.1. The van der Waals surface area contributed by atoms with Crippen molar-refractivity contribution in [3.8, 4) is 0 Å². The Morgan fingerprint density at radius 3 is 2.03 bits per heavy atom. The maximum absolute atomic E-state index is 11.7. The van der Waals surface area contributed by atoms with Gasteiger partial charge in [0.2, 0.25) is 23.8 Å². The average molecular weight is 556 g/mol. The van der Waals surface area contributed by atoms with Gasteiger partial charge in [-0.2, -0.15) is 29.9 Å². The van der Waals surface area contributed by atoms with Crippen LogP contribution in [0.5, 0.6) is 0 Å². The fraction of sp³-hybridized carbons (Fsp3) is 0.600. The summed E-state index contributed by atoms with van der Waals surface area (Å²) in [4.78, 5) is 47.9. The predicted octanol–water partition coefficient (Wildman–Crippen LogP) is 0.926. The van der Waals surface area contributed by atoms with Crippen LogP contribution in [0.2, 0.25) is 0 Å². The van der Waals surface area contributed by atoms with E-state index in [0.717, 1.165) is 12.8 Å². The maximum atomic E-state index is 11.7. The first-order chi connectivity index (χ1) is 17.9. The highest BCUT2D eigenvalue weighted by atomic mass is 32.2. The van der Waals surface area contributed by atoms with Crippen LogP contribution in [0.15, 0.2) is 10.3 Å². The molecule has 0 aliphatic carbocycles. The van der Waals surface area contributed by atoms with E-state index in [-0.39, 0.29) is 24.8 Å². The monoisotopic (exact) mass is 555 g/mol. The number of carbonyl (C=O) groups excluding carboxylic acids is 1. The van der Waals surface area contributed by atoms with Crippen molar-refractivity contribution in [2.24, 2.45) is 5.73 Å². The molecule has 0 radical (unpaired) electrons. The topological polar surface area (TPSA) is 229 Å². The number of rotatable bonds is 19. The number of anilines is 4. The van der Waals surface area contributed by atoms with Crippen molar-refractivity contribution in [3.05, 3.63) is 0 Å². The standard InChI is InChI=1S/C20H33N11O4S2/c1-2-3-10-35-14(34)5-12-37-19-27-15(22)26-16(29-19)24-8-9-25-18-28-17(23-7-6-21)30-20(31-18)36-11-4-13(32)33/h2-12,21H2,1H3,(H,32,33)(H3,22,24,26,27,29)(H2,23,25,28,30,31). The lowest BCUT2D eigenvalue weighted by atomic mass is 10.4. The van der Waals surface area contributed by atoms with Crippen LogP contribution in [0, 0.1) is 0 Å². The highest BCUT2D eigenvalue weighted by molar-refractivity contribution is 7.99. The van der Waals surface area contributed by atoms with Crippen LogP contribution in [0.25, 0.3) is 0 Å². The molecule has 0 aliphatic heterocycles. The Morgan fingerprint density at radius 1 is 0.865 bits per heavy atom. The van der Waals surface area contributed by atoms with Crippen molar-refractivity contribution in [3.63, 3.8) is 0 Å². The van der Waals surface area contributed by atoms with Crippen molar-refractivity contribution in [2.75, 3.05) is 66.0 Å². The molecule has 17 heteroatoms. The summed E-state index contributed by atoms with van der Waals surface area (Å²) in [5.74, 6) is 0.678. The molecule has 0 saturated heterocycles. The quantitative estimate of drug-likeness (QED) is 0.0803. The molecule has 8 N–H and O–H groups in total. The second-order valence-corrected chi connectivity index (χ2v) is 9.42. The van der Waals surface area contributed by atoms with E-state index in [1.807, 2.05) is 6.92 Å². The number of nitrogen functional groups attached to an aromatic ring is 1. The number of hydrogen-bond acceptors (Lipinski definition) is 16. The molecule has 204 valence electrons. The normalized spacial score (nSPS) is 10.6. The van der Waals surface area contributed by atoms with Gasteiger partial charge in [0, 0.05) is 37.7 Å². The molecule has 0 bridgehead atoms. The number of hydrogen-bond donors (Lipinski definition) is 6. The highest BCUT2D eigenvalue weighted by Crippen LogP contribution is 2.18. The molecule has 0 spiro atoms. The molecule has 0 atom stereocenters. The first kappa shape index (κ1) is 30.0. The Balaban J connectivity index is 1.85. The van der Waals surface area contributed by atoms with E-state index in [4.69, 9.17) is 21.3 Å². The maximum Gasteiger partial charge on any atom is 0.306 e. The molecule has 2 heterocycles. The minimum absolute atomic E-state index is 0.00697. The van der Waals surface area contributed by atoms with E-state index in [1.165, 1.54) is 23.5 Å². The molecular weight excluding hydrogens is 522 g/mol. The minimum Gasteiger partial charge on any atom is -0.481 e. The first-order valence-electron chi connectivity index (χ1n) is 11.7. The second-order valence-electron chi connectivity index (χ2n) is 7.30. The lowest BCUT2D eigenvalue weighted by Crippen LogP contribution is -2.19. The minimum atomic E-state index is -0.891. The van der Waals surface area contributed by atoms with Crippen LogP contribution >= 0.6 is 23.5 Å². The summed E-state index contributed by atoms with van der Waals surface area (Å²) in [5, 5.41) is 18.8. The SMILES string of the molecule is CCCCOC(=O)CCSc1nc(N)nc(NCCNc2nc(NCCN)nc(SCCC(=O)O)n2)n1. The molecule has 2 aromatic heterocycles. The average Bonchev–Trinajstić information content (AvgIpc) is 2.85. The van der Waals surface area contributed by atoms with Gasteiger partial charge in [0.1, 0.15) is 0 Å². The van der Waals surface area contributed by atoms with Crippen LogP contribution in [-0.4, -0.2) is 91.2 Å². The molecular formula is C20H33N11O4S2. The summed E-state index contributed by atoms with van der Waals surface area (Å²) in [7, 11) is 0. The summed E-state index contributed by atoms with van der Waals surface area (Å²) < 4.78 is 5.13. The number of carboxylic acid groups (broad SMARTS) is 1. The van der Waals surface area contributed by atoms with E-state index in [0.29, 0.717) is 72.4 Å². The van der Waals surface area contributed by atoms with Gasteiger partial charge in [0.05, 0.1) is 19.4 Å². The molecule has 0 fully saturated rings. The Morgan fingerprint density at radius 2 is 1.43 bits per heavy atom. The number of aliphatic carboxylic acids is 1. The van der Waals surface area contributed by atoms with E-state index in [1.54, 1.807) is 0 Å².